The number of piperazine rings is 1. The van der Waals surface area contributed by atoms with Gasteiger partial charge in [-0.2, -0.15) is 0 Å². The molecule has 1 aliphatic rings. The molecule has 6 heteroatoms. The van der Waals surface area contributed by atoms with Gasteiger partial charge in [0.2, 0.25) is 5.91 Å². The Hall–Kier alpha value is -2.08. The van der Waals surface area contributed by atoms with Crippen molar-refractivity contribution in [2.24, 2.45) is 0 Å². The lowest BCUT2D eigenvalue weighted by atomic mass is 10.2. The highest BCUT2D eigenvalue weighted by Gasteiger charge is 2.21. The van der Waals surface area contributed by atoms with E-state index >= 15 is 0 Å². The minimum Gasteiger partial charge on any atom is -0.462 e. The molecule has 0 radical (unpaired) electrons. The number of ether oxygens (including phenoxy) is 1. The number of rotatable bonds is 3. The Morgan fingerprint density at radius 3 is 2.86 bits per heavy atom. The van der Waals surface area contributed by atoms with Gasteiger partial charge in [-0.05, 0) is 30.5 Å². The number of likely N-dealkylation sites (N-methyl/N-ethyl adjacent to an activating group) is 1. The quantitative estimate of drug-likeness (QED) is 0.815. The number of hydrogen-bond acceptors (Lipinski definition) is 5. The Bertz CT molecular complexity index is 725. The normalized spacial score (nSPS) is 15.5. The summed E-state index contributed by atoms with van der Waals surface area (Å²) < 4.78 is 6.07. The molecule has 1 saturated heterocycles. The lowest BCUT2D eigenvalue weighted by Crippen LogP contribution is -2.48. The summed E-state index contributed by atoms with van der Waals surface area (Å²) >= 11 is 1.43. The van der Waals surface area contributed by atoms with Crippen LogP contribution in [0.15, 0.2) is 24.3 Å². The summed E-state index contributed by atoms with van der Waals surface area (Å²) in [5, 5.41) is 1.03. The average molecular weight is 318 g/mol. The molecule has 1 aliphatic heterocycles. The van der Waals surface area contributed by atoms with Crippen LogP contribution in [0.5, 0.6) is 0 Å². The van der Waals surface area contributed by atoms with Gasteiger partial charge >= 0.3 is 5.97 Å². The first-order valence-corrected chi connectivity index (χ1v) is 8.09. The molecule has 2 aromatic rings. The molecule has 1 aromatic carbocycles. The molecule has 22 heavy (non-hydrogen) atoms. The minimum atomic E-state index is -0.278. The van der Waals surface area contributed by atoms with E-state index in [0.29, 0.717) is 18.0 Å². The number of thiophene rings is 1. The molecule has 1 amide bonds. The van der Waals surface area contributed by atoms with E-state index in [-0.39, 0.29) is 11.9 Å². The number of fused-ring (bicyclic) bond motifs is 1. The van der Waals surface area contributed by atoms with Crippen LogP contribution in [0.4, 0.5) is 5.69 Å². The fourth-order valence-electron chi connectivity index (χ4n) is 2.50. The molecule has 1 fully saturated rings. The Kier molecular flexibility index (Phi) is 4.02. The summed E-state index contributed by atoms with van der Waals surface area (Å²) in [5.41, 5.74) is 1.02. The van der Waals surface area contributed by atoms with Crippen molar-refractivity contribution in [1.82, 2.24) is 4.90 Å². The van der Waals surface area contributed by atoms with Gasteiger partial charge in [0.15, 0.2) is 0 Å². The van der Waals surface area contributed by atoms with Crippen molar-refractivity contribution in [3.05, 3.63) is 29.1 Å². The average Bonchev–Trinajstić information content (AvgIpc) is 2.93. The number of hydrogen-bond donors (Lipinski definition) is 0. The van der Waals surface area contributed by atoms with Crippen LogP contribution in [0.2, 0.25) is 0 Å². The number of carbonyl (C=O) groups excluding carboxylic acids is 2. The molecule has 0 aliphatic carbocycles. The second-order valence-corrected chi connectivity index (χ2v) is 6.37. The number of amides is 1. The van der Waals surface area contributed by atoms with Gasteiger partial charge in [-0.1, -0.05) is 6.07 Å². The lowest BCUT2D eigenvalue weighted by Gasteiger charge is -2.33. The second-order valence-electron chi connectivity index (χ2n) is 5.29. The molecule has 0 atom stereocenters. The van der Waals surface area contributed by atoms with Gasteiger partial charge in [0.05, 0.1) is 13.2 Å². The van der Waals surface area contributed by atoms with Crippen molar-refractivity contribution < 1.29 is 14.3 Å². The van der Waals surface area contributed by atoms with Crippen molar-refractivity contribution in [3.63, 3.8) is 0 Å². The van der Waals surface area contributed by atoms with Crippen LogP contribution in [0, 0.1) is 0 Å². The van der Waals surface area contributed by atoms with E-state index in [4.69, 9.17) is 4.74 Å². The summed E-state index contributed by atoms with van der Waals surface area (Å²) in [7, 11) is 1.83. The second kappa shape index (κ2) is 5.96. The molecule has 116 valence electrons. The van der Waals surface area contributed by atoms with E-state index in [9.17, 15) is 9.59 Å². The van der Waals surface area contributed by atoms with Crippen LogP contribution in [-0.2, 0) is 9.53 Å². The Morgan fingerprint density at radius 2 is 2.14 bits per heavy atom. The summed E-state index contributed by atoms with van der Waals surface area (Å²) in [6, 6.07) is 7.90. The van der Waals surface area contributed by atoms with E-state index in [0.717, 1.165) is 28.9 Å². The van der Waals surface area contributed by atoms with Crippen LogP contribution in [0.3, 0.4) is 0 Å². The fourth-order valence-corrected chi connectivity index (χ4v) is 3.49. The fraction of sp³-hybridized carbons (Fsp3) is 0.375. The molecule has 1 aromatic heterocycles. The summed E-state index contributed by atoms with van der Waals surface area (Å²) in [6.07, 6.45) is 0. The van der Waals surface area contributed by atoms with Crippen molar-refractivity contribution in [2.75, 3.05) is 38.2 Å². The van der Waals surface area contributed by atoms with Crippen LogP contribution in [-0.4, -0.2) is 50.1 Å². The van der Waals surface area contributed by atoms with Gasteiger partial charge in [-0.3, -0.25) is 4.79 Å². The summed E-state index contributed by atoms with van der Waals surface area (Å²) in [5.74, 6) is -0.148. The zero-order chi connectivity index (χ0) is 15.7. The molecule has 0 unspecified atom stereocenters. The van der Waals surface area contributed by atoms with Crippen molar-refractivity contribution in [3.8, 4) is 0 Å². The molecule has 0 spiro atoms. The third-order valence-electron chi connectivity index (χ3n) is 3.80. The van der Waals surface area contributed by atoms with Crippen molar-refractivity contribution in [2.45, 2.75) is 6.92 Å². The largest absolute Gasteiger partial charge is 0.462 e. The van der Waals surface area contributed by atoms with Crippen molar-refractivity contribution >= 4 is 39.0 Å². The number of anilines is 1. The lowest BCUT2D eigenvalue weighted by molar-refractivity contribution is -0.129. The van der Waals surface area contributed by atoms with E-state index in [2.05, 4.69) is 4.90 Å². The van der Waals surface area contributed by atoms with Gasteiger partial charge in [-0.25, -0.2) is 4.79 Å². The number of carbonyl (C=O) groups is 2. The Labute approximate surface area is 133 Å². The highest BCUT2D eigenvalue weighted by Crippen LogP contribution is 2.30. The first kappa shape index (κ1) is 14.8. The van der Waals surface area contributed by atoms with Crippen LogP contribution in [0.1, 0.15) is 16.6 Å². The smallest absolute Gasteiger partial charge is 0.348 e. The van der Waals surface area contributed by atoms with Gasteiger partial charge in [-0.15, -0.1) is 11.3 Å². The predicted molar refractivity (Wildman–Crippen MR) is 87.6 cm³/mol. The highest BCUT2D eigenvalue weighted by molar-refractivity contribution is 7.20. The molecular formula is C16H18N2O3S. The first-order valence-electron chi connectivity index (χ1n) is 7.28. The maximum Gasteiger partial charge on any atom is 0.348 e. The summed E-state index contributed by atoms with van der Waals surface area (Å²) in [4.78, 5) is 28.1. The first-order chi connectivity index (χ1) is 10.6. The summed E-state index contributed by atoms with van der Waals surface area (Å²) in [6.45, 7) is 4.13. The number of esters is 1. The number of nitrogens with zero attached hydrogens (tertiary/aromatic N) is 2. The monoisotopic (exact) mass is 318 g/mol. The van der Waals surface area contributed by atoms with Gasteiger partial charge < -0.3 is 14.5 Å². The van der Waals surface area contributed by atoms with E-state index in [1.54, 1.807) is 11.8 Å². The molecule has 0 bridgehead atoms. The minimum absolute atomic E-state index is 0.129. The van der Waals surface area contributed by atoms with Crippen LogP contribution in [0.25, 0.3) is 10.1 Å². The number of benzene rings is 1. The maximum atomic E-state index is 11.8. The predicted octanol–water partition coefficient (Wildman–Crippen LogP) is 2.36. The van der Waals surface area contributed by atoms with Gasteiger partial charge in [0.1, 0.15) is 4.88 Å². The molecule has 5 nitrogen and oxygen atoms in total. The molecule has 3 rings (SSSR count). The topological polar surface area (TPSA) is 49.9 Å². The van der Waals surface area contributed by atoms with E-state index in [1.165, 1.54) is 11.3 Å². The zero-order valence-corrected chi connectivity index (χ0v) is 13.5. The van der Waals surface area contributed by atoms with Gasteiger partial charge in [0, 0.05) is 30.5 Å². The SMILES string of the molecule is CCOC(=O)c1cc2ccc(N3CCN(C)C(=O)C3)cc2s1. The van der Waals surface area contributed by atoms with Gasteiger partial charge in [0.25, 0.3) is 0 Å². The molecule has 0 N–H and O–H groups in total. The molecule has 0 saturated carbocycles. The highest BCUT2D eigenvalue weighted by atomic mass is 32.1. The molecule has 2 heterocycles. The Morgan fingerprint density at radius 1 is 1.32 bits per heavy atom. The van der Waals surface area contributed by atoms with Crippen LogP contribution < -0.4 is 4.90 Å². The van der Waals surface area contributed by atoms with Crippen molar-refractivity contribution in [1.29, 1.82) is 0 Å². The zero-order valence-electron chi connectivity index (χ0n) is 12.7. The molecular weight excluding hydrogens is 300 g/mol. The van der Waals surface area contributed by atoms with E-state index < -0.39 is 0 Å². The third-order valence-corrected chi connectivity index (χ3v) is 4.88. The van der Waals surface area contributed by atoms with Crippen LogP contribution >= 0.6 is 11.3 Å². The van der Waals surface area contributed by atoms with E-state index in [1.807, 2.05) is 31.3 Å². The maximum absolute atomic E-state index is 11.8. The Balaban J connectivity index is 1.86. The third kappa shape index (κ3) is 2.78. The standard InChI is InChI=1S/C16H18N2O3S/c1-3-21-16(20)14-8-11-4-5-12(9-13(11)22-14)18-7-6-17(2)15(19)10-18/h4-5,8-9H,3,6-7,10H2,1-2H3.